The lowest BCUT2D eigenvalue weighted by atomic mass is 9.97. The molecule has 12 heteroatoms. The number of alkyl halides is 3. The number of carbonyl (C=O) groups is 1. The number of nitrogens with one attached hydrogen (secondary N) is 3. The zero-order valence-electron chi connectivity index (χ0n) is 18.9. The van der Waals surface area contributed by atoms with E-state index >= 15 is 0 Å². The zero-order valence-corrected chi connectivity index (χ0v) is 19.6. The van der Waals surface area contributed by atoms with Crippen molar-refractivity contribution in [3.8, 4) is 17.0 Å². The first-order valence-electron chi connectivity index (χ1n) is 10.7. The maximum Gasteiger partial charge on any atom is 0.417 e. The summed E-state index contributed by atoms with van der Waals surface area (Å²) in [6.45, 7) is 1.67. The van der Waals surface area contributed by atoms with Crippen LogP contribution in [0.3, 0.4) is 0 Å². The largest absolute Gasteiger partial charge is 0.479 e. The minimum Gasteiger partial charge on any atom is -0.479 e. The van der Waals surface area contributed by atoms with Crippen LogP contribution < -0.4 is 10.1 Å². The maximum absolute atomic E-state index is 14.1. The second-order valence-electron chi connectivity index (χ2n) is 8.04. The van der Waals surface area contributed by atoms with Gasteiger partial charge in [-0.25, -0.2) is 15.0 Å². The Hall–Kier alpha value is -4.12. The van der Waals surface area contributed by atoms with E-state index in [1.54, 1.807) is 25.1 Å². The second kappa shape index (κ2) is 8.83. The van der Waals surface area contributed by atoms with E-state index < -0.39 is 23.7 Å². The number of hydrogen-bond acceptors (Lipinski definition) is 5. The van der Waals surface area contributed by atoms with Crippen molar-refractivity contribution in [2.24, 2.45) is 0 Å². The molecule has 0 bridgehead atoms. The number of carbonyl (C=O) groups excluding carboxylic acids is 1. The molecule has 5 aromatic rings. The molecule has 0 aliphatic carbocycles. The van der Waals surface area contributed by atoms with E-state index in [9.17, 15) is 18.0 Å². The van der Waals surface area contributed by atoms with Crippen molar-refractivity contribution in [2.45, 2.75) is 19.1 Å². The molecule has 36 heavy (non-hydrogen) atoms. The molecule has 184 valence electrons. The van der Waals surface area contributed by atoms with Gasteiger partial charge < -0.3 is 20.0 Å². The molecule has 0 spiro atoms. The fourth-order valence-electron chi connectivity index (χ4n) is 3.97. The summed E-state index contributed by atoms with van der Waals surface area (Å²) in [4.78, 5) is 31.4. The fraction of sp³-hybridized carbons (Fsp3) is 0.167. The molecule has 0 saturated carbocycles. The molecule has 8 nitrogen and oxygen atoms in total. The van der Waals surface area contributed by atoms with E-state index in [0.717, 1.165) is 6.07 Å². The smallest absolute Gasteiger partial charge is 0.417 e. The van der Waals surface area contributed by atoms with Gasteiger partial charge in [0.05, 0.1) is 36.1 Å². The van der Waals surface area contributed by atoms with Crippen LogP contribution in [0.15, 0.2) is 48.9 Å². The molecule has 3 aromatic heterocycles. The first-order valence-corrected chi connectivity index (χ1v) is 11.1. The lowest BCUT2D eigenvalue weighted by molar-refractivity contribution is -0.137. The lowest BCUT2D eigenvalue weighted by Crippen LogP contribution is -2.27. The van der Waals surface area contributed by atoms with Crippen LogP contribution >= 0.6 is 11.6 Å². The number of aromatic nitrogens is 5. The number of H-pyrrole nitrogens is 2. The molecule has 0 saturated heterocycles. The van der Waals surface area contributed by atoms with Crippen LogP contribution in [0, 0.1) is 0 Å². The third kappa shape index (κ3) is 4.22. The van der Waals surface area contributed by atoms with Crippen molar-refractivity contribution >= 4 is 39.6 Å². The molecule has 5 rings (SSSR count). The number of amides is 1. The van der Waals surface area contributed by atoms with Crippen molar-refractivity contribution in [2.75, 3.05) is 7.11 Å². The first-order chi connectivity index (χ1) is 17.2. The van der Waals surface area contributed by atoms with Crippen LogP contribution in [0.25, 0.3) is 33.2 Å². The average molecular weight is 515 g/mol. The Balaban J connectivity index is 1.48. The number of aromatic amines is 2. The molecule has 0 radical (unpaired) electrons. The van der Waals surface area contributed by atoms with E-state index in [2.05, 4.69) is 30.2 Å². The maximum atomic E-state index is 14.1. The second-order valence-corrected chi connectivity index (χ2v) is 8.48. The molecule has 0 aliphatic heterocycles. The number of methoxy groups -OCH3 is 1. The van der Waals surface area contributed by atoms with E-state index in [-0.39, 0.29) is 28.1 Å². The highest BCUT2D eigenvalue weighted by Crippen LogP contribution is 2.40. The summed E-state index contributed by atoms with van der Waals surface area (Å²) in [5.41, 5.74) is 0.814. The number of pyridine rings is 1. The Morgan fingerprint density at radius 1 is 1.14 bits per heavy atom. The summed E-state index contributed by atoms with van der Waals surface area (Å²) in [6.07, 6.45) is -2.12. The van der Waals surface area contributed by atoms with E-state index in [0.29, 0.717) is 27.4 Å². The summed E-state index contributed by atoms with van der Waals surface area (Å²) in [6, 6.07) is 7.89. The monoisotopic (exact) mass is 514 g/mol. The van der Waals surface area contributed by atoms with Gasteiger partial charge in [0.25, 0.3) is 5.91 Å². The number of fused-ring (bicyclic) bond motifs is 2. The normalized spacial score (nSPS) is 12.7. The summed E-state index contributed by atoms with van der Waals surface area (Å²) in [5.74, 6) is -0.0352. The van der Waals surface area contributed by atoms with Gasteiger partial charge in [-0.3, -0.25) is 4.79 Å². The average Bonchev–Trinajstić information content (AvgIpc) is 3.50. The molecular weight excluding hydrogens is 497 g/mol. The van der Waals surface area contributed by atoms with Gasteiger partial charge in [0, 0.05) is 22.3 Å². The Morgan fingerprint density at radius 2 is 1.94 bits per heavy atom. The van der Waals surface area contributed by atoms with Gasteiger partial charge in [0.1, 0.15) is 16.9 Å². The number of ether oxygens (including phenoxy) is 1. The van der Waals surface area contributed by atoms with Gasteiger partial charge in [0.2, 0.25) is 5.88 Å². The zero-order chi connectivity index (χ0) is 25.6. The molecular formula is C24H18ClF3N6O2. The number of imidazole rings is 2. The van der Waals surface area contributed by atoms with Crippen molar-refractivity contribution in [3.63, 3.8) is 0 Å². The summed E-state index contributed by atoms with van der Waals surface area (Å²) >= 11 is 6.00. The van der Waals surface area contributed by atoms with Crippen molar-refractivity contribution in [1.82, 2.24) is 30.2 Å². The lowest BCUT2D eigenvalue weighted by Gasteiger charge is -2.16. The van der Waals surface area contributed by atoms with Crippen LogP contribution in [-0.2, 0) is 6.18 Å². The third-order valence-electron chi connectivity index (χ3n) is 5.71. The molecule has 1 amide bonds. The van der Waals surface area contributed by atoms with E-state index in [4.69, 9.17) is 16.3 Å². The minimum atomic E-state index is -4.74. The van der Waals surface area contributed by atoms with Crippen molar-refractivity contribution in [3.05, 3.63) is 70.9 Å². The van der Waals surface area contributed by atoms with E-state index in [1.165, 1.54) is 31.8 Å². The van der Waals surface area contributed by atoms with Gasteiger partial charge in [-0.1, -0.05) is 17.7 Å². The fourth-order valence-corrected chi connectivity index (χ4v) is 4.14. The van der Waals surface area contributed by atoms with Gasteiger partial charge in [0.15, 0.2) is 0 Å². The number of halogens is 4. The molecule has 1 atom stereocenters. The summed E-state index contributed by atoms with van der Waals surface area (Å²) < 4.78 is 47.4. The third-order valence-corrected chi connectivity index (χ3v) is 5.95. The van der Waals surface area contributed by atoms with Gasteiger partial charge >= 0.3 is 6.18 Å². The summed E-state index contributed by atoms with van der Waals surface area (Å²) in [5, 5.41) is 3.21. The van der Waals surface area contributed by atoms with Crippen LogP contribution in [0.4, 0.5) is 13.2 Å². The molecule has 0 unspecified atom stereocenters. The van der Waals surface area contributed by atoms with Crippen molar-refractivity contribution in [1.29, 1.82) is 0 Å². The number of hydrogen-bond donors (Lipinski definition) is 3. The van der Waals surface area contributed by atoms with Gasteiger partial charge in [-0.15, -0.1) is 0 Å². The van der Waals surface area contributed by atoms with Gasteiger partial charge in [-0.2, -0.15) is 13.2 Å². The highest BCUT2D eigenvalue weighted by molar-refractivity contribution is 6.31. The van der Waals surface area contributed by atoms with Crippen LogP contribution in [0.5, 0.6) is 5.88 Å². The standard InChI is InChI=1S/C24H18ClF3N6O2/c1-11(21-33-17-6-4-13(25)8-18(17)34-21)32-22(35)12-3-5-14(16(7-12)24(26,27)28)15-9-29-23(36-2)20-19(15)30-10-31-20/h3-11H,1-2H3,(H,30,31)(H,32,35)(H,33,34)/t11-/m0/s1. The quantitative estimate of drug-likeness (QED) is 0.280. The molecule has 2 aromatic carbocycles. The first kappa shape index (κ1) is 23.6. The Bertz CT molecular complexity index is 1610. The predicted molar refractivity (Wildman–Crippen MR) is 128 cm³/mol. The Labute approximate surface area is 206 Å². The molecule has 0 fully saturated rings. The Morgan fingerprint density at radius 3 is 2.69 bits per heavy atom. The summed E-state index contributed by atoms with van der Waals surface area (Å²) in [7, 11) is 1.40. The number of benzene rings is 2. The number of rotatable bonds is 5. The van der Waals surface area contributed by atoms with E-state index in [1.807, 2.05) is 0 Å². The van der Waals surface area contributed by atoms with Crippen LogP contribution in [0.1, 0.15) is 34.7 Å². The highest BCUT2D eigenvalue weighted by atomic mass is 35.5. The molecule has 0 aliphatic rings. The van der Waals surface area contributed by atoms with Crippen LogP contribution in [-0.4, -0.2) is 37.9 Å². The number of nitrogens with zero attached hydrogens (tertiary/aromatic N) is 3. The molecule has 3 N–H and O–H groups in total. The topological polar surface area (TPSA) is 109 Å². The molecule has 3 heterocycles. The highest BCUT2D eigenvalue weighted by Gasteiger charge is 2.35. The minimum absolute atomic E-state index is 0.153. The van der Waals surface area contributed by atoms with Gasteiger partial charge in [-0.05, 0) is 42.8 Å². The Kier molecular flexibility index (Phi) is 5.79. The predicted octanol–water partition coefficient (Wildman–Crippen LogP) is 5.67. The van der Waals surface area contributed by atoms with Crippen LogP contribution in [0.2, 0.25) is 5.02 Å². The SMILES string of the molecule is COc1ncc(-c2ccc(C(=O)N[C@@H](C)c3nc4ccc(Cl)cc4[nH]3)cc2C(F)(F)F)c2nc[nH]c12. The van der Waals surface area contributed by atoms with Crippen molar-refractivity contribution < 1.29 is 22.7 Å².